The molecule has 268 valence electrons. The molecule has 4 rings (SSSR count). The van der Waals surface area contributed by atoms with Crippen molar-refractivity contribution in [1.82, 2.24) is 19.4 Å². The third-order valence-corrected chi connectivity index (χ3v) is 9.76. The lowest BCUT2D eigenvalue weighted by molar-refractivity contribution is -0.140. The van der Waals surface area contributed by atoms with Crippen LogP contribution in [-0.2, 0) is 12.7 Å². The Morgan fingerprint density at radius 2 is 1.47 bits per heavy atom. The van der Waals surface area contributed by atoms with Crippen LogP contribution in [0.15, 0.2) is 59.5 Å². The van der Waals surface area contributed by atoms with E-state index in [9.17, 15) is 17.6 Å². The van der Waals surface area contributed by atoms with Crippen molar-refractivity contribution >= 4 is 22.8 Å². The van der Waals surface area contributed by atoms with Crippen molar-refractivity contribution in [1.29, 1.82) is 0 Å². The highest BCUT2D eigenvalue weighted by molar-refractivity contribution is 7.99. The van der Waals surface area contributed by atoms with Gasteiger partial charge >= 0.3 is 6.18 Å². The molecule has 0 spiro atoms. The maximum absolute atomic E-state index is 14.0. The highest BCUT2D eigenvalue weighted by atomic mass is 32.2. The van der Waals surface area contributed by atoms with Gasteiger partial charge < -0.3 is 23.8 Å². The summed E-state index contributed by atoms with van der Waals surface area (Å²) in [7, 11) is 0. The predicted octanol–water partition coefficient (Wildman–Crippen LogP) is 10.4. The number of imidazole rings is 1. The fourth-order valence-electron chi connectivity index (χ4n) is 5.76. The molecule has 0 unspecified atom stereocenters. The van der Waals surface area contributed by atoms with Crippen LogP contribution in [0.25, 0.3) is 22.4 Å². The van der Waals surface area contributed by atoms with Crippen LogP contribution in [0.1, 0.15) is 65.9 Å². The molecule has 1 heterocycles. The number of thioether (sulfide) groups is 1. The molecule has 0 radical (unpaired) electrons. The molecule has 49 heavy (non-hydrogen) atoms. The fraction of sp³-hybridized carbons (Fsp3) is 0.500. The number of benzene rings is 3. The van der Waals surface area contributed by atoms with E-state index in [4.69, 9.17) is 14.5 Å². The van der Waals surface area contributed by atoms with Gasteiger partial charge in [0.15, 0.2) is 0 Å². The standard InChI is InChI=1S/C38H50F4N4O2S/c1-6-11-22-46-35-27-30(49-24-13-21-45(9-4)10-5)16-19-34(35)43-37(46)31-17-14-29(26-36(31)47-23-12-20-44(7-2)8-3)48-28-15-18-33(39)32(25-28)38(40,41)42/h14-19,25-27H,6-13,20-24H2,1-5H3. The minimum Gasteiger partial charge on any atom is -0.493 e. The van der Waals surface area contributed by atoms with Crippen LogP contribution in [0.5, 0.6) is 17.2 Å². The summed E-state index contributed by atoms with van der Waals surface area (Å²) in [6.45, 7) is 18.0. The van der Waals surface area contributed by atoms with E-state index in [0.29, 0.717) is 18.4 Å². The topological polar surface area (TPSA) is 42.8 Å². The second kappa shape index (κ2) is 18.6. The number of rotatable bonds is 20. The van der Waals surface area contributed by atoms with Gasteiger partial charge in [0.2, 0.25) is 0 Å². The van der Waals surface area contributed by atoms with Crippen LogP contribution in [-0.4, -0.2) is 71.0 Å². The molecule has 0 saturated carbocycles. The quantitative estimate of drug-likeness (QED) is 0.0519. The molecule has 0 fully saturated rings. The third-order valence-electron chi connectivity index (χ3n) is 8.68. The lowest BCUT2D eigenvalue weighted by Gasteiger charge is -2.19. The van der Waals surface area contributed by atoms with E-state index in [1.54, 1.807) is 12.1 Å². The van der Waals surface area contributed by atoms with Crippen molar-refractivity contribution in [3.05, 3.63) is 66.0 Å². The van der Waals surface area contributed by atoms with E-state index in [1.807, 2.05) is 17.8 Å². The summed E-state index contributed by atoms with van der Waals surface area (Å²) in [5, 5.41) is 0. The summed E-state index contributed by atoms with van der Waals surface area (Å²) in [5.74, 6) is 1.13. The van der Waals surface area contributed by atoms with E-state index in [1.165, 1.54) is 11.0 Å². The van der Waals surface area contributed by atoms with Gasteiger partial charge in [-0.2, -0.15) is 13.2 Å². The molecule has 11 heteroatoms. The summed E-state index contributed by atoms with van der Waals surface area (Å²) < 4.78 is 68.6. The molecule has 1 aromatic heterocycles. The lowest BCUT2D eigenvalue weighted by Crippen LogP contribution is -2.25. The fourth-order valence-corrected chi connectivity index (χ4v) is 6.63. The van der Waals surface area contributed by atoms with Gasteiger partial charge in [0, 0.05) is 24.1 Å². The third kappa shape index (κ3) is 10.6. The van der Waals surface area contributed by atoms with Crippen LogP contribution in [0.2, 0.25) is 0 Å². The predicted molar refractivity (Wildman–Crippen MR) is 193 cm³/mol. The van der Waals surface area contributed by atoms with Gasteiger partial charge in [0.1, 0.15) is 28.9 Å². The monoisotopic (exact) mass is 702 g/mol. The maximum atomic E-state index is 14.0. The average Bonchev–Trinajstić information content (AvgIpc) is 3.45. The number of aromatic nitrogens is 2. The second-order valence-electron chi connectivity index (χ2n) is 11.9. The SMILES string of the molecule is CCCCn1c(-c2ccc(Oc3ccc(F)c(C(F)(F)F)c3)cc2OCCCN(CC)CC)nc2ccc(SCCCN(CC)CC)cc21. The summed E-state index contributed by atoms with van der Waals surface area (Å²) in [6, 6.07) is 14.3. The van der Waals surface area contributed by atoms with Crippen molar-refractivity contribution < 1.29 is 27.0 Å². The summed E-state index contributed by atoms with van der Waals surface area (Å²) >= 11 is 1.86. The molecule has 0 saturated heterocycles. The van der Waals surface area contributed by atoms with E-state index >= 15 is 0 Å². The molecule has 0 N–H and O–H groups in total. The first-order valence-corrected chi connectivity index (χ1v) is 18.5. The van der Waals surface area contributed by atoms with E-state index in [0.717, 1.165) is 106 Å². The molecule has 4 aromatic rings. The Morgan fingerprint density at radius 3 is 2.14 bits per heavy atom. The Balaban J connectivity index is 1.67. The van der Waals surface area contributed by atoms with Gasteiger partial charge in [-0.15, -0.1) is 11.8 Å². The molecule has 0 aliphatic carbocycles. The van der Waals surface area contributed by atoms with Gasteiger partial charge in [0.25, 0.3) is 0 Å². The number of hydrogen-bond acceptors (Lipinski definition) is 6. The zero-order valence-corrected chi connectivity index (χ0v) is 30.2. The number of fused-ring (bicyclic) bond motifs is 1. The maximum Gasteiger partial charge on any atom is 0.419 e. The van der Waals surface area contributed by atoms with Gasteiger partial charge in [-0.05, 0) is 106 Å². The Hall–Kier alpha value is -3.28. The van der Waals surface area contributed by atoms with Crippen molar-refractivity contribution in [2.75, 3.05) is 51.6 Å². The number of aryl methyl sites for hydroxylation is 1. The van der Waals surface area contributed by atoms with Crippen LogP contribution >= 0.6 is 11.8 Å². The zero-order chi connectivity index (χ0) is 35.4. The van der Waals surface area contributed by atoms with E-state index in [-0.39, 0.29) is 11.5 Å². The molecule has 0 atom stereocenters. The van der Waals surface area contributed by atoms with Gasteiger partial charge in [-0.1, -0.05) is 41.0 Å². The second-order valence-corrected chi connectivity index (χ2v) is 13.1. The Labute approximate surface area is 292 Å². The normalized spacial score (nSPS) is 12.1. The smallest absolute Gasteiger partial charge is 0.419 e. The minimum atomic E-state index is -4.84. The first-order chi connectivity index (χ1) is 23.6. The van der Waals surface area contributed by atoms with E-state index < -0.39 is 17.6 Å². The zero-order valence-electron chi connectivity index (χ0n) is 29.4. The number of ether oxygens (including phenoxy) is 2. The first-order valence-electron chi connectivity index (χ1n) is 17.5. The van der Waals surface area contributed by atoms with E-state index in [2.05, 4.69) is 67.2 Å². The van der Waals surface area contributed by atoms with Crippen LogP contribution in [0.3, 0.4) is 0 Å². The van der Waals surface area contributed by atoms with Crippen LogP contribution in [0, 0.1) is 5.82 Å². The summed E-state index contributed by atoms with van der Waals surface area (Å²) in [5.41, 5.74) is 1.33. The van der Waals surface area contributed by atoms with Crippen LogP contribution < -0.4 is 9.47 Å². The Bertz CT molecular complexity index is 1620. The molecule has 0 bridgehead atoms. The highest BCUT2D eigenvalue weighted by Gasteiger charge is 2.34. The highest BCUT2D eigenvalue weighted by Crippen LogP contribution is 2.39. The van der Waals surface area contributed by atoms with Gasteiger partial charge in [0.05, 0.1) is 28.8 Å². The number of halogens is 4. The molecule has 0 aliphatic heterocycles. The number of nitrogens with zero attached hydrogens (tertiary/aromatic N) is 4. The largest absolute Gasteiger partial charge is 0.493 e. The first kappa shape index (κ1) is 38.5. The number of alkyl halides is 3. The van der Waals surface area contributed by atoms with Gasteiger partial charge in [-0.25, -0.2) is 9.37 Å². The molecule has 3 aromatic carbocycles. The van der Waals surface area contributed by atoms with Crippen molar-refractivity contribution in [2.45, 2.75) is 77.9 Å². The molecule has 6 nitrogen and oxygen atoms in total. The summed E-state index contributed by atoms with van der Waals surface area (Å²) in [4.78, 5) is 11.0. The lowest BCUT2D eigenvalue weighted by atomic mass is 10.1. The molecular formula is C38H50F4N4O2S. The molecule has 0 amide bonds. The van der Waals surface area contributed by atoms with Crippen molar-refractivity contribution in [3.63, 3.8) is 0 Å². The molecular weight excluding hydrogens is 653 g/mol. The Kier molecular flexibility index (Phi) is 14.7. The Morgan fingerprint density at radius 1 is 0.796 bits per heavy atom. The summed E-state index contributed by atoms with van der Waals surface area (Å²) in [6.07, 6.45) is -0.956. The van der Waals surface area contributed by atoms with Crippen molar-refractivity contribution in [2.24, 2.45) is 0 Å². The van der Waals surface area contributed by atoms with Crippen LogP contribution in [0.4, 0.5) is 17.6 Å². The average molecular weight is 703 g/mol. The van der Waals surface area contributed by atoms with Gasteiger partial charge in [-0.3, -0.25) is 0 Å². The molecule has 0 aliphatic rings. The minimum absolute atomic E-state index is 0.119. The number of hydrogen-bond donors (Lipinski definition) is 0. The van der Waals surface area contributed by atoms with Crippen molar-refractivity contribution in [3.8, 4) is 28.6 Å². The number of unbranched alkanes of at least 4 members (excludes halogenated alkanes) is 1.